The number of aliphatic carboxylic acids is 1. The summed E-state index contributed by atoms with van der Waals surface area (Å²) in [5, 5.41) is 8.71. The summed E-state index contributed by atoms with van der Waals surface area (Å²) in [5.41, 5.74) is 7.34. The van der Waals surface area contributed by atoms with Crippen molar-refractivity contribution in [3.63, 3.8) is 0 Å². The van der Waals surface area contributed by atoms with E-state index >= 15 is 0 Å². The Morgan fingerprint density at radius 1 is 1.09 bits per heavy atom. The third-order valence-corrected chi connectivity index (χ3v) is 5.69. The second kappa shape index (κ2) is 11.9. The molecule has 3 aromatic rings. The van der Waals surface area contributed by atoms with Gasteiger partial charge in [-0.3, -0.25) is 20.1 Å². The molecule has 3 rings (SSSR count). The molecule has 0 spiro atoms. The summed E-state index contributed by atoms with van der Waals surface area (Å²) in [6.07, 6.45) is 4.05. The number of nitrogens with one attached hydrogen (secondary N) is 1. The molecule has 1 heterocycles. The normalized spacial score (nSPS) is 11.5. The van der Waals surface area contributed by atoms with Crippen molar-refractivity contribution in [3.8, 4) is 17.0 Å². The summed E-state index contributed by atoms with van der Waals surface area (Å²) >= 11 is 1.33. The standard InChI is InChI=1S/C25H26N2O4S/c1-18(20-8-10-21(11-9-20)23-5-3-4-14-26-23)27-31-16-15-30-22-12-6-19(7-13-22)17-24(32-2)25(28)29/h3-14,24,27H,1,15-17H2,2H3,(H,28,29). The van der Waals surface area contributed by atoms with Gasteiger partial charge in [-0.2, -0.15) is 0 Å². The Bertz CT molecular complexity index is 1010. The van der Waals surface area contributed by atoms with Crippen LogP contribution in [0.4, 0.5) is 0 Å². The molecule has 0 aliphatic heterocycles. The Hall–Kier alpha value is -3.29. The molecule has 0 fully saturated rings. The zero-order valence-electron chi connectivity index (χ0n) is 17.9. The van der Waals surface area contributed by atoms with Crippen LogP contribution in [0.5, 0.6) is 5.75 Å². The highest BCUT2D eigenvalue weighted by Gasteiger charge is 2.16. The Morgan fingerprint density at radius 2 is 1.84 bits per heavy atom. The summed E-state index contributed by atoms with van der Waals surface area (Å²) < 4.78 is 5.67. The first-order valence-corrected chi connectivity index (χ1v) is 11.4. The monoisotopic (exact) mass is 450 g/mol. The Kier molecular flexibility index (Phi) is 8.71. The molecule has 1 aromatic heterocycles. The molecule has 1 atom stereocenters. The average molecular weight is 451 g/mol. The molecule has 7 heteroatoms. The highest BCUT2D eigenvalue weighted by atomic mass is 32.2. The lowest BCUT2D eigenvalue weighted by atomic mass is 10.1. The first kappa shape index (κ1) is 23.4. The fourth-order valence-corrected chi connectivity index (χ4v) is 3.54. The van der Waals surface area contributed by atoms with E-state index in [1.54, 1.807) is 12.5 Å². The van der Waals surface area contributed by atoms with E-state index in [1.807, 2.05) is 66.7 Å². The van der Waals surface area contributed by atoms with Crippen molar-refractivity contribution in [2.45, 2.75) is 11.7 Å². The molecule has 2 N–H and O–H groups in total. The SMILES string of the molecule is C=C(NOCCOc1ccc(CC(SC)C(=O)O)cc1)c1ccc(-c2ccccn2)cc1. The number of thioether (sulfide) groups is 1. The van der Waals surface area contributed by atoms with Gasteiger partial charge in [-0.25, -0.2) is 0 Å². The number of ether oxygens (including phenoxy) is 1. The van der Waals surface area contributed by atoms with E-state index < -0.39 is 11.2 Å². The molecule has 166 valence electrons. The molecule has 0 saturated carbocycles. The minimum atomic E-state index is -0.798. The molecule has 1 unspecified atom stereocenters. The van der Waals surface area contributed by atoms with Gasteiger partial charge in [0.2, 0.25) is 0 Å². The molecule has 0 radical (unpaired) electrons. The Labute approximate surface area is 192 Å². The molecular formula is C25H26N2O4S. The van der Waals surface area contributed by atoms with Gasteiger partial charge in [-0.05, 0) is 48.1 Å². The first-order chi connectivity index (χ1) is 15.6. The van der Waals surface area contributed by atoms with Crippen LogP contribution in [0.2, 0.25) is 0 Å². The number of carboxylic acid groups (broad SMARTS) is 1. The average Bonchev–Trinajstić information content (AvgIpc) is 2.83. The predicted molar refractivity (Wildman–Crippen MR) is 128 cm³/mol. The fraction of sp³-hybridized carbons (Fsp3) is 0.200. The number of benzene rings is 2. The minimum absolute atomic E-state index is 0.334. The van der Waals surface area contributed by atoms with Crippen LogP contribution in [-0.2, 0) is 16.1 Å². The number of hydrogen-bond acceptors (Lipinski definition) is 6. The number of hydroxylamine groups is 1. The number of pyridine rings is 1. The quantitative estimate of drug-likeness (QED) is 0.306. The number of hydrogen-bond donors (Lipinski definition) is 2. The highest BCUT2D eigenvalue weighted by molar-refractivity contribution is 7.99. The maximum Gasteiger partial charge on any atom is 0.316 e. The summed E-state index contributed by atoms with van der Waals surface area (Å²) in [6, 6.07) is 21.2. The number of nitrogens with zero attached hydrogens (tertiary/aromatic N) is 1. The van der Waals surface area contributed by atoms with Crippen molar-refractivity contribution in [1.29, 1.82) is 0 Å². The van der Waals surface area contributed by atoms with Gasteiger partial charge in [0.15, 0.2) is 0 Å². The van der Waals surface area contributed by atoms with Crippen LogP contribution < -0.4 is 10.2 Å². The first-order valence-electron chi connectivity index (χ1n) is 10.1. The Balaban J connectivity index is 1.38. The topological polar surface area (TPSA) is 80.7 Å². The molecule has 0 saturated heterocycles. The van der Waals surface area contributed by atoms with Crippen molar-refractivity contribution in [2.24, 2.45) is 0 Å². The second-order valence-corrected chi connectivity index (χ2v) is 8.02. The van der Waals surface area contributed by atoms with Crippen molar-refractivity contribution >= 4 is 23.4 Å². The number of aromatic nitrogens is 1. The molecular weight excluding hydrogens is 424 g/mol. The maximum absolute atomic E-state index is 11.1. The number of rotatable bonds is 12. The van der Waals surface area contributed by atoms with Crippen LogP contribution in [-0.4, -0.2) is 40.8 Å². The van der Waals surface area contributed by atoms with Gasteiger partial charge in [-0.15, -0.1) is 11.8 Å². The van der Waals surface area contributed by atoms with Crippen molar-refractivity contribution in [3.05, 3.63) is 90.6 Å². The zero-order valence-corrected chi connectivity index (χ0v) is 18.7. The van der Waals surface area contributed by atoms with Crippen molar-refractivity contribution < 1.29 is 19.5 Å². The summed E-state index contributed by atoms with van der Waals surface area (Å²) in [4.78, 5) is 20.9. The second-order valence-electron chi connectivity index (χ2n) is 6.98. The third kappa shape index (κ3) is 6.87. The van der Waals surface area contributed by atoms with E-state index in [-0.39, 0.29) is 0 Å². The fourth-order valence-electron chi connectivity index (χ4n) is 2.98. The van der Waals surface area contributed by atoms with Crippen molar-refractivity contribution in [2.75, 3.05) is 19.5 Å². The van der Waals surface area contributed by atoms with Gasteiger partial charge >= 0.3 is 5.97 Å². The van der Waals surface area contributed by atoms with E-state index in [9.17, 15) is 4.79 Å². The van der Waals surface area contributed by atoms with Crippen LogP contribution in [0.15, 0.2) is 79.5 Å². The largest absolute Gasteiger partial charge is 0.491 e. The number of carbonyl (C=O) groups is 1. The molecule has 0 aliphatic carbocycles. The summed E-state index contributed by atoms with van der Waals surface area (Å²) in [5.74, 6) is -0.0921. The zero-order chi connectivity index (χ0) is 22.8. The van der Waals surface area contributed by atoms with Gasteiger partial charge in [0.1, 0.15) is 24.2 Å². The minimum Gasteiger partial charge on any atom is -0.491 e. The van der Waals surface area contributed by atoms with Crippen LogP contribution in [0.3, 0.4) is 0 Å². The third-order valence-electron chi connectivity index (χ3n) is 4.75. The van der Waals surface area contributed by atoms with E-state index in [2.05, 4.69) is 17.0 Å². The van der Waals surface area contributed by atoms with Crippen molar-refractivity contribution in [1.82, 2.24) is 10.5 Å². The molecule has 0 bridgehead atoms. The van der Waals surface area contributed by atoms with Crippen LogP contribution in [0.1, 0.15) is 11.1 Å². The molecule has 0 amide bonds. The van der Waals surface area contributed by atoms with Crippen LogP contribution in [0, 0.1) is 0 Å². The van der Waals surface area contributed by atoms with Gasteiger partial charge in [-0.1, -0.05) is 49.0 Å². The molecule has 0 aliphatic rings. The lowest BCUT2D eigenvalue weighted by molar-refractivity contribution is -0.136. The van der Waals surface area contributed by atoms with Crippen LogP contribution in [0.25, 0.3) is 17.0 Å². The molecule has 6 nitrogen and oxygen atoms in total. The van der Waals surface area contributed by atoms with E-state index in [4.69, 9.17) is 14.7 Å². The highest BCUT2D eigenvalue weighted by Crippen LogP contribution is 2.20. The van der Waals surface area contributed by atoms with E-state index in [0.29, 0.717) is 31.1 Å². The lowest BCUT2D eigenvalue weighted by Crippen LogP contribution is -2.18. The Morgan fingerprint density at radius 3 is 2.47 bits per heavy atom. The lowest BCUT2D eigenvalue weighted by Gasteiger charge is -2.12. The molecule has 32 heavy (non-hydrogen) atoms. The smallest absolute Gasteiger partial charge is 0.316 e. The van der Waals surface area contributed by atoms with Gasteiger partial charge in [0.05, 0.1) is 11.4 Å². The van der Waals surface area contributed by atoms with Crippen LogP contribution >= 0.6 is 11.8 Å². The predicted octanol–water partition coefficient (Wildman–Crippen LogP) is 4.68. The van der Waals surface area contributed by atoms with E-state index in [0.717, 1.165) is 22.4 Å². The van der Waals surface area contributed by atoms with Gasteiger partial charge in [0.25, 0.3) is 0 Å². The summed E-state index contributed by atoms with van der Waals surface area (Å²) in [7, 11) is 0. The van der Waals surface area contributed by atoms with Gasteiger partial charge < -0.3 is 9.84 Å². The maximum atomic E-state index is 11.1. The van der Waals surface area contributed by atoms with Gasteiger partial charge in [0, 0.05) is 11.8 Å². The summed E-state index contributed by atoms with van der Waals surface area (Å²) in [6.45, 7) is 4.70. The number of carboxylic acids is 1. The molecule has 2 aromatic carbocycles. The van der Waals surface area contributed by atoms with E-state index in [1.165, 1.54) is 11.8 Å².